The Morgan fingerprint density at radius 3 is 2.53 bits per heavy atom. The van der Waals surface area contributed by atoms with Crippen LogP contribution in [0.1, 0.15) is 20.8 Å². The van der Waals surface area contributed by atoms with Crippen molar-refractivity contribution in [2.75, 3.05) is 6.61 Å². The van der Waals surface area contributed by atoms with Gasteiger partial charge in [-0.2, -0.15) is 0 Å². The second-order valence-electron chi connectivity index (χ2n) is 3.76. The van der Waals surface area contributed by atoms with Gasteiger partial charge < -0.3 is 4.74 Å². The highest BCUT2D eigenvalue weighted by molar-refractivity contribution is 7.98. The van der Waals surface area contributed by atoms with Crippen LogP contribution in [0.2, 0.25) is 0 Å². The third-order valence-electron chi connectivity index (χ3n) is 2.02. The Balaban J connectivity index is 2.74. The third kappa shape index (κ3) is 4.61. The molecular weight excluding hydrogens is 234 g/mol. The Hall–Kier alpha value is -1.29. The molecule has 0 heterocycles. The van der Waals surface area contributed by atoms with E-state index in [-0.39, 0.29) is 11.9 Å². The molecule has 0 unspecified atom stereocenters. The van der Waals surface area contributed by atoms with Gasteiger partial charge in [0.2, 0.25) is 0 Å². The predicted octanol–water partition coefficient (Wildman–Crippen LogP) is 3.35. The topological polar surface area (TPSA) is 38.7 Å². The number of carbonyl (C=O) groups is 1. The quantitative estimate of drug-likeness (QED) is 0.457. The Kier molecular flexibility index (Phi) is 5.77. The molecular formula is C13H17NO2S. The van der Waals surface area contributed by atoms with E-state index in [0.29, 0.717) is 12.3 Å². The second-order valence-corrected chi connectivity index (χ2v) is 4.59. The first-order chi connectivity index (χ1) is 8.15. The van der Waals surface area contributed by atoms with Crippen LogP contribution in [0.5, 0.6) is 0 Å². The van der Waals surface area contributed by atoms with Crippen LogP contribution in [0.4, 0.5) is 0 Å². The average molecular weight is 251 g/mol. The highest BCUT2D eigenvalue weighted by Crippen LogP contribution is 2.19. The number of nitrogens with zero attached hydrogens (tertiary/aromatic N) is 1. The lowest BCUT2D eigenvalue weighted by molar-refractivity contribution is -0.135. The van der Waals surface area contributed by atoms with Crippen LogP contribution >= 0.6 is 11.9 Å². The predicted molar refractivity (Wildman–Crippen MR) is 71.2 cm³/mol. The van der Waals surface area contributed by atoms with Crippen molar-refractivity contribution in [1.82, 2.24) is 0 Å². The molecule has 0 aliphatic rings. The van der Waals surface area contributed by atoms with Crippen molar-refractivity contribution >= 4 is 23.6 Å². The van der Waals surface area contributed by atoms with E-state index in [1.807, 2.05) is 44.2 Å². The molecule has 0 atom stereocenters. The molecule has 0 aliphatic carbocycles. The number of hydrogen-bond donors (Lipinski definition) is 0. The van der Waals surface area contributed by atoms with Crippen LogP contribution in [0.25, 0.3) is 0 Å². The van der Waals surface area contributed by atoms with Crippen molar-refractivity contribution < 1.29 is 9.53 Å². The van der Waals surface area contributed by atoms with Crippen LogP contribution in [-0.2, 0) is 9.53 Å². The zero-order valence-corrected chi connectivity index (χ0v) is 11.2. The number of esters is 1. The van der Waals surface area contributed by atoms with Crippen molar-refractivity contribution in [2.24, 2.45) is 10.3 Å². The maximum Gasteiger partial charge on any atom is 0.353 e. The molecule has 0 saturated heterocycles. The SMILES string of the molecule is CCOC(=O)/C(=N/Sc1ccccc1)C(C)C. The van der Waals surface area contributed by atoms with E-state index in [1.54, 1.807) is 6.92 Å². The molecule has 0 fully saturated rings. The number of rotatable bonds is 5. The monoisotopic (exact) mass is 251 g/mol. The van der Waals surface area contributed by atoms with Gasteiger partial charge in [-0.15, -0.1) is 0 Å². The van der Waals surface area contributed by atoms with E-state index in [4.69, 9.17) is 4.74 Å². The molecule has 1 aromatic rings. The van der Waals surface area contributed by atoms with Gasteiger partial charge in [0.1, 0.15) is 5.71 Å². The summed E-state index contributed by atoms with van der Waals surface area (Å²) in [6.45, 7) is 6.03. The second kappa shape index (κ2) is 7.12. The molecule has 0 spiro atoms. The van der Waals surface area contributed by atoms with Gasteiger partial charge in [0.15, 0.2) is 0 Å². The standard InChI is InChI=1S/C13H17NO2S/c1-4-16-13(15)12(10(2)3)14-17-11-8-6-5-7-9-11/h5-10H,4H2,1-3H3/b14-12+. The maximum atomic E-state index is 11.6. The summed E-state index contributed by atoms with van der Waals surface area (Å²) in [4.78, 5) is 12.6. The van der Waals surface area contributed by atoms with Crippen LogP contribution < -0.4 is 0 Å². The Bertz CT molecular complexity index is 388. The van der Waals surface area contributed by atoms with Crippen LogP contribution in [-0.4, -0.2) is 18.3 Å². The fraction of sp³-hybridized carbons (Fsp3) is 0.385. The smallest absolute Gasteiger partial charge is 0.353 e. The lowest BCUT2D eigenvalue weighted by Crippen LogP contribution is -2.22. The van der Waals surface area contributed by atoms with Crippen LogP contribution in [0.15, 0.2) is 39.6 Å². The van der Waals surface area contributed by atoms with Gasteiger partial charge in [-0.3, -0.25) is 0 Å². The van der Waals surface area contributed by atoms with Gasteiger partial charge in [-0.25, -0.2) is 9.19 Å². The Morgan fingerprint density at radius 2 is 2.00 bits per heavy atom. The molecule has 0 amide bonds. The molecule has 0 radical (unpaired) electrons. The molecule has 1 rings (SSSR count). The van der Waals surface area contributed by atoms with Gasteiger partial charge in [-0.05, 0) is 19.1 Å². The van der Waals surface area contributed by atoms with Crippen molar-refractivity contribution in [3.63, 3.8) is 0 Å². The fourth-order valence-corrected chi connectivity index (χ4v) is 1.93. The van der Waals surface area contributed by atoms with E-state index in [0.717, 1.165) is 4.90 Å². The molecule has 92 valence electrons. The van der Waals surface area contributed by atoms with E-state index in [1.165, 1.54) is 11.9 Å². The summed E-state index contributed by atoms with van der Waals surface area (Å²) < 4.78 is 9.24. The number of hydrogen-bond acceptors (Lipinski definition) is 4. The summed E-state index contributed by atoms with van der Waals surface area (Å²) >= 11 is 1.30. The molecule has 4 heteroatoms. The van der Waals surface area contributed by atoms with E-state index in [2.05, 4.69) is 4.40 Å². The Labute approximate surface area is 106 Å². The summed E-state index contributed by atoms with van der Waals surface area (Å²) in [5.74, 6) is -0.267. The number of ether oxygens (including phenoxy) is 1. The molecule has 17 heavy (non-hydrogen) atoms. The van der Waals surface area contributed by atoms with E-state index >= 15 is 0 Å². The summed E-state index contributed by atoms with van der Waals surface area (Å²) in [6, 6.07) is 9.74. The van der Waals surface area contributed by atoms with Gasteiger partial charge in [0.25, 0.3) is 0 Å². The lowest BCUT2D eigenvalue weighted by atomic mass is 10.1. The maximum absolute atomic E-state index is 11.6. The lowest BCUT2D eigenvalue weighted by Gasteiger charge is -2.08. The van der Waals surface area contributed by atoms with Crippen LogP contribution in [0, 0.1) is 5.92 Å². The van der Waals surface area contributed by atoms with Gasteiger partial charge in [0, 0.05) is 22.8 Å². The first-order valence-electron chi connectivity index (χ1n) is 5.62. The minimum atomic E-state index is -0.328. The van der Waals surface area contributed by atoms with Crippen LogP contribution in [0.3, 0.4) is 0 Å². The Morgan fingerprint density at radius 1 is 1.35 bits per heavy atom. The van der Waals surface area contributed by atoms with Crippen molar-refractivity contribution in [3.05, 3.63) is 30.3 Å². The molecule has 0 aliphatic heterocycles. The normalized spacial score (nSPS) is 11.6. The van der Waals surface area contributed by atoms with Crippen molar-refractivity contribution in [1.29, 1.82) is 0 Å². The molecule has 0 saturated carbocycles. The van der Waals surface area contributed by atoms with E-state index < -0.39 is 0 Å². The minimum Gasteiger partial charge on any atom is -0.461 e. The van der Waals surface area contributed by atoms with Gasteiger partial charge >= 0.3 is 5.97 Å². The summed E-state index contributed by atoms with van der Waals surface area (Å²) in [6.07, 6.45) is 0. The third-order valence-corrected chi connectivity index (χ3v) is 2.80. The average Bonchev–Trinajstić information content (AvgIpc) is 2.30. The molecule has 0 N–H and O–H groups in total. The zero-order chi connectivity index (χ0) is 12.7. The molecule has 1 aromatic carbocycles. The summed E-state index contributed by atoms with van der Waals surface area (Å²) in [5, 5.41) is 0. The highest BCUT2D eigenvalue weighted by Gasteiger charge is 2.16. The first kappa shape index (κ1) is 13.8. The summed E-state index contributed by atoms with van der Waals surface area (Å²) in [5.41, 5.74) is 0.473. The number of carbonyl (C=O) groups excluding carboxylic acids is 1. The minimum absolute atomic E-state index is 0.0604. The largest absolute Gasteiger partial charge is 0.461 e. The molecule has 3 nitrogen and oxygen atoms in total. The van der Waals surface area contributed by atoms with E-state index in [9.17, 15) is 4.79 Å². The van der Waals surface area contributed by atoms with Gasteiger partial charge in [0.05, 0.1) is 6.61 Å². The fourth-order valence-electron chi connectivity index (χ4n) is 1.17. The van der Waals surface area contributed by atoms with Crippen molar-refractivity contribution in [2.45, 2.75) is 25.7 Å². The summed E-state index contributed by atoms with van der Waals surface area (Å²) in [7, 11) is 0. The molecule has 0 bridgehead atoms. The molecule has 0 aromatic heterocycles. The van der Waals surface area contributed by atoms with Gasteiger partial charge in [-0.1, -0.05) is 32.0 Å². The highest BCUT2D eigenvalue weighted by atomic mass is 32.2. The first-order valence-corrected chi connectivity index (χ1v) is 6.39. The number of benzene rings is 1. The zero-order valence-electron chi connectivity index (χ0n) is 10.3. The van der Waals surface area contributed by atoms with Crippen molar-refractivity contribution in [3.8, 4) is 0 Å².